The van der Waals surface area contributed by atoms with Gasteiger partial charge in [0.2, 0.25) is 0 Å². The molecule has 0 aromatic heterocycles. The molecule has 0 saturated carbocycles. The topological polar surface area (TPSA) is 44.8 Å². The van der Waals surface area contributed by atoms with E-state index in [0.29, 0.717) is 13.2 Å². The molecule has 0 saturated heterocycles. The van der Waals surface area contributed by atoms with Crippen LogP contribution in [0.2, 0.25) is 0 Å². The number of benzene rings is 1. The van der Waals surface area contributed by atoms with E-state index in [0.717, 1.165) is 34.2 Å². The van der Waals surface area contributed by atoms with Crippen molar-refractivity contribution >= 4 is 28.6 Å². The number of rotatable bonds is 7. The molecule has 0 spiro atoms. The first kappa shape index (κ1) is 17.8. The Morgan fingerprint density at radius 3 is 3.00 bits per heavy atom. The van der Waals surface area contributed by atoms with Gasteiger partial charge < -0.3 is 14.2 Å². The van der Waals surface area contributed by atoms with Gasteiger partial charge in [-0.15, -0.1) is 0 Å². The Bertz CT molecular complexity index is 580. The molecule has 5 heteroatoms. The second-order valence-corrected chi connectivity index (χ2v) is 6.27. The van der Waals surface area contributed by atoms with Crippen molar-refractivity contribution in [2.24, 2.45) is 0 Å². The van der Waals surface area contributed by atoms with Gasteiger partial charge in [-0.05, 0) is 60.9 Å². The Labute approximate surface area is 150 Å². The Hall–Kier alpha value is -1.50. The number of carbonyl (C=O) groups is 1. The Morgan fingerprint density at radius 2 is 2.22 bits per heavy atom. The van der Waals surface area contributed by atoms with Crippen LogP contribution in [0, 0.1) is 3.57 Å². The molecule has 1 aromatic rings. The number of halogens is 1. The first-order valence-electron chi connectivity index (χ1n) is 7.75. The van der Waals surface area contributed by atoms with E-state index in [4.69, 9.17) is 14.2 Å². The van der Waals surface area contributed by atoms with E-state index in [-0.39, 0.29) is 6.10 Å². The van der Waals surface area contributed by atoms with E-state index in [1.807, 2.05) is 24.3 Å². The number of ether oxygens (including phenoxy) is 3. The van der Waals surface area contributed by atoms with Crippen molar-refractivity contribution < 1.29 is 19.0 Å². The smallest absolute Gasteiger partial charge is 0.333 e. The number of allylic oxidation sites excluding steroid dienone is 1. The maximum atomic E-state index is 11.2. The molecule has 0 N–H and O–H groups in total. The van der Waals surface area contributed by atoms with Crippen LogP contribution in [0.1, 0.15) is 26.2 Å². The largest absolute Gasteiger partial charge is 0.496 e. The molecule has 0 fully saturated rings. The number of hydrogen-bond acceptors (Lipinski definition) is 4. The Morgan fingerprint density at radius 1 is 1.39 bits per heavy atom. The minimum Gasteiger partial charge on any atom is -0.496 e. The van der Waals surface area contributed by atoms with Crippen LogP contribution in [-0.4, -0.2) is 25.3 Å². The summed E-state index contributed by atoms with van der Waals surface area (Å²) < 4.78 is 17.5. The van der Waals surface area contributed by atoms with Crippen molar-refractivity contribution in [3.63, 3.8) is 0 Å². The fourth-order valence-electron chi connectivity index (χ4n) is 2.33. The van der Waals surface area contributed by atoms with Crippen LogP contribution in [0.3, 0.4) is 0 Å². The monoisotopic (exact) mass is 428 g/mol. The molecule has 1 unspecified atom stereocenters. The van der Waals surface area contributed by atoms with Crippen LogP contribution in [0.15, 0.2) is 48.3 Å². The van der Waals surface area contributed by atoms with Crippen LogP contribution >= 0.6 is 22.6 Å². The average molecular weight is 428 g/mol. The number of carbonyl (C=O) groups excluding carboxylic acids is 1. The molecule has 2 rings (SSSR count). The van der Waals surface area contributed by atoms with Crippen LogP contribution < -0.4 is 4.74 Å². The lowest BCUT2D eigenvalue weighted by Crippen LogP contribution is -2.24. The predicted octanol–water partition coefficient (Wildman–Crippen LogP) is 4.24. The molecule has 1 aliphatic rings. The highest BCUT2D eigenvalue weighted by molar-refractivity contribution is 14.1. The highest BCUT2D eigenvalue weighted by Gasteiger charge is 2.20. The summed E-state index contributed by atoms with van der Waals surface area (Å²) in [5.74, 6) is 0.504. The van der Waals surface area contributed by atoms with E-state index < -0.39 is 5.97 Å². The highest BCUT2D eigenvalue weighted by atomic mass is 127. The van der Waals surface area contributed by atoms with Crippen molar-refractivity contribution in [1.82, 2.24) is 0 Å². The predicted molar refractivity (Wildman–Crippen MR) is 97.2 cm³/mol. The van der Waals surface area contributed by atoms with Gasteiger partial charge in [-0.25, -0.2) is 4.79 Å². The van der Waals surface area contributed by atoms with E-state index in [9.17, 15) is 4.79 Å². The quantitative estimate of drug-likeness (QED) is 0.214. The molecule has 1 aromatic carbocycles. The molecule has 1 aliphatic carbocycles. The third-order valence-corrected chi connectivity index (χ3v) is 4.32. The SMILES string of the molecule is CCOC(=O)/C=C/OCC1=CCCCC1Oc1ccccc1I. The Balaban J connectivity index is 1.90. The zero-order chi connectivity index (χ0) is 16.5. The third-order valence-electron chi connectivity index (χ3n) is 3.43. The molecule has 0 aliphatic heterocycles. The first-order chi connectivity index (χ1) is 11.2. The normalized spacial score (nSPS) is 17.7. The van der Waals surface area contributed by atoms with Gasteiger partial charge in [0.05, 0.1) is 22.5 Å². The van der Waals surface area contributed by atoms with Gasteiger partial charge >= 0.3 is 5.97 Å². The zero-order valence-corrected chi connectivity index (χ0v) is 15.3. The third kappa shape index (κ3) is 5.89. The highest BCUT2D eigenvalue weighted by Crippen LogP contribution is 2.27. The standard InChI is InChI=1S/C18H21IO4/c1-2-22-18(20)11-12-21-13-14-7-3-5-9-16(14)23-17-10-6-4-8-15(17)19/h4,6-8,10-12,16H,2-3,5,9,13H2,1H3/b12-11+. The summed E-state index contributed by atoms with van der Waals surface area (Å²) in [7, 11) is 0. The molecule has 0 radical (unpaired) electrons. The van der Waals surface area contributed by atoms with Gasteiger partial charge in [-0.3, -0.25) is 0 Å². The number of para-hydroxylation sites is 1. The van der Waals surface area contributed by atoms with Crippen LogP contribution in [0.4, 0.5) is 0 Å². The molecule has 23 heavy (non-hydrogen) atoms. The molecule has 1 atom stereocenters. The van der Waals surface area contributed by atoms with Crippen molar-refractivity contribution in [3.8, 4) is 5.75 Å². The van der Waals surface area contributed by atoms with Gasteiger partial charge in [0.1, 0.15) is 18.5 Å². The van der Waals surface area contributed by atoms with E-state index in [1.165, 1.54) is 12.3 Å². The summed E-state index contributed by atoms with van der Waals surface area (Å²) in [4.78, 5) is 11.2. The lowest BCUT2D eigenvalue weighted by molar-refractivity contribution is -0.137. The maximum Gasteiger partial charge on any atom is 0.333 e. The van der Waals surface area contributed by atoms with Crippen LogP contribution in [0.25, 0.3) is 0 Å². The van der Waals surface area contributed by atoms with Gasteiger partial charge in [0, 0.05) is 5.57 Å². The molecule has 124 valence electrons. The van der Waals surface area contributed by atoms with Crippen molar-refractivity contribution in [2.45, 2.75) is 32.3 Å². The number of esters is 1. The van der Waals surface area contributed by atoms with Crippen LogP contribution in [-0.2, 0) is 14.3 Å². The summed E-state index contributed by atoms with van der Waals surface area (Å²) in [5.41, 5.74) is 1.12. The molecule has 0 heterocycles. The van der Waals surface area contributed by atoms with E-state index >= 15 is 0 Å². The fourth-order valence-corrected chi connectivity index (χ4v) is 2.84. The van der Waals surface area contributed by atoms with Gasteiger partial charge in [0.25, 0.3) is 0 Å². The maximum absolute atomic E-state index is 11.2. The second kappa shape index (κ2) is 9.60. The minimum absolute atomic E-state index is 0.0238. The zero-order valence-electron chi connectivity index (χ0n) is 13.2. The summed E-state index contributed by atoms with van der Waals surface area (Å²) in [6.07, 6.45) is 7.99. The van der Waals surface area contributed by atoms with E-state index in [1.54, 1.807) is 6.92 Å². The van der Waals surface area contributed by atoms with Crippen molar-refractivity contribution in [1.29, 1.82) is 0 Å². The van der Waals surface area contributed by atoms with Gasteiger partial charge in [-0.1, -0.05) is 18.2 Å². The summed E-state index contributed by atoms with van der Waals surface area (Å²) in [6, 6.07) is 7.98. The number of hydrogen-bond donors (Lipinski definition) is 0. The minimum atomic E-state index is -0.392. The summed E-state index contributed by atoms with van der Waals surface area (Å²) >= 11 is 2.27. The molecular weight excluding hydrogens is 407 g/mol. The lowest BCUT2D eigenvalue weighted by atomic mass is 9.97. The molecule has 0 bridgehead atoms. The first-order valence-corrected chi connectivity index (χ1v) is 8.83. The second-order valence-electron chi connectivity index (χ2n) is 5.11. The molecule has 0 amide bonds. The Kier molecular flexibility index (Phi) is 7.45. The lowest BCUT2D eigenvalue weighted by Gasteiger charge is -2.25. The average Bonchev–Trinajstić information content (AvgIpc) is 2.55. The van der Waals surface area contributed by atoms with Crippen LogP contribution in [0.5, 0.6) is 5.75 Å². The van der Waals surface area contributed by atoms with Crippen molar-refractivity contribution in [2.75, 3.05) is 13.2 Å². The van der Waals surface area contributed by atoms with E-state index in [2.05, 4.69) is 28.7 Å². The van der Waals surface area contributed by atoms with Gasteiger partial charge in [-0.2, -0.15) is 0 Å². The summed E-state index contributed by atoms with van der Waals surface area (Å²) in [5, 5.41) is 0. The summed E-state index contributed by atoms with van der Waals surface area (Å²) in [6.45, 7) is 2.55. The van der Waals surface area contributed by atoms with Gasteiger partial charge in [0.15, 0.2) is 0 Å². The molecular formula is C18H21IO4. The fraction of sp³-hybridized carbons (Fsp3) is 0.389. The van der Waals surface area contributed by atoms with Crippen molar-refractivity contribution in [3.05, 3.63) is 51.8 Å². The molecule has 4 nitrogen and oxygen atoms in total.